The summed E-state index contributed by atoms with van der Waals surface area (Å²) in [5.41, 5.74) is 30.7. The average molecular weight is 2140 g/mol. The molecule has 0 nitrogen and oxygen atoms in total. The minimum atomic E-state index is -1.26. The van der Waals surface area contributed by atoms with E-state index in [4.69, 9.17) is 0 Å². The van der Waals surface area contributed by atoms with Crippen molar-refractivity contribution in [2.45, 2.75) is 314 Å². The minimum absolute atomic E-state index is 0.402. The Bertz CT molecular complexity index is 5370. The molecule has 12 aromatic rings. The molecule has 138 heavy (non-hydrogen) atoms. The quantitative estimate of drug-likeness (QED) is 0.0339. The third-order valence-corrected chi connectivity index (χ3v) is 48.2. The van der Waals surface area contributed by atoms with Gasteiger partial charge in [0.2, 0.25) is 0 Å². The van der Waals surface area contributed by atoms with Crippen LogP contribution in [0.2, 0.25) is 0 Å². The normalized spacial score (nSPS) is 19.7. The van der Waals surface area contributed by atoms with Gasteiger partial charge in [0.25, 0.3) is 0 Å². The molecule has 8 heteroatoms. The Labute approximate surface area is 873 Å². The van der Waals surface area contributed by atoms with Gasteiger partial charge in [-0.1, -0.05) is 0 Å². The van der Waals surface area contributed by atoms with Gasteiger partial charge in [-0.05, 0) is 0 Å². The summed E-state index contributed by atoms with van der Waals surface area (Å²) in [7, 11) is 5.14. The first-order valence-electron chi connectivity index (χ1n) is 53.2. The van der Waals surface area contributed by atoms with Crippen molar-refractivity contribution in [3.05, 3.63) is 322 Å². The summed E-state index contributed by atoms with van der Waals surface area (Å²) < 4.78 is 9.34. The first-order valence-corrected chi connectivity index (χ1v) is 63.5. The van der Waals surface area contributed by atoms with E-state index in [1.165, 1.54) is 182 Å². The van der Waals surface area contributed by atoms with Gasteiger partial charge in [0.1, 0.15) is 0 Å². The van der Waals surface area contributed by atoms with Crippen LogP contribution in [0.5, 0.6) is 0 Å². The predicted octanol–water partition coefficient (Wildman–Crippen LogP) is 31.1. The standard InChI is InChI=1S/2C54H63GeP.2C11H16GeP/c2*1-34(2)40-30-46(36(5)6)52(47(31-40)37(7)8)44-26-21-27-45(53-48(38(9)10)32-41(35(3)4)33-49(53)39(11)12)54(44)55-50-28-19-20-29-51(50)56(42-22-15-13-16-23-42)43-24-17-14-18-25-43;2*12-10(13)11-4-7-1-8(5-11)3-9(2-7)6-11/h2*13-39H,1-12H3;2*7-9,13H,1-6H2/p+2. The van der Waals surface area contributed by atoms with Crippen LogP contribution in [0.15, 0.2) is 255 Å². The number of hydrogen-bond donors (Lipinski definition) is 0. The molecule has 714 valence electrons. The fourth-order valence-electron chi connectivity index (χ4n) is 25.4. The predicted molar refractivity (Wildman–Crippen MR) is 626 cm³/mol. The molecular formula is C130H160Ge4P4+2. The molecule has 20 rings (SSSR count). The zero-order valence-corrected chi connectivity index (χ0v) is 101. The van der Waals surface area contributed by atoms with E-state index in [9.17, 15) is 0 Å². The van der Waals surface area contributed by atoms with Crippen molar-refractivity contribution in [2.75, 3.05) is 0 Å². The Morgan fingerprint density at radius 1 is 0.246 bits per heavy atom. The third-order valence-electron chi connectivity index (χ3n) is 32.0. The van der Waals surface area contributed by atoms with E-state index in [0.717, 1.165) is 35.5 Å². The third kappa shape index (κ3) is 23.7. The fourth-order valence-corrected chi connectivity index (χ4v) is 40.4. The van der Waals surface area contributed by atoms with E-state index < -0.39 is 46.7 Å². The van der Waals surface area contributed by atoms with E-state index >= 15 is 0 Å². The molecule has 10 radical (unpaired) electrons. The molecular weight excluding hydrogens is 1980 g/mol. The Balaban J connectivity index is 0.000000164. The van der Waals surface area contributed by atoms with Gasteiger partial charge in [0.05, 0.1) is 0 Å². The van der Waals surface area contributed by atoms with E-state index in [0.29, 0.717) is 81.8 Å². The van der Waals surface area contributed by atoms with Crippen LogP contribution in [0.25, 0.3) is 44.5 Å². The van der Waals surface area contributed by atoms with Crippen molar-refractivity contribution in [3.8, 4) is 44.5 Å². The Morgan fingerprint density at radius 2 is 0.428 bits per heavy atom. The molecule has 0 unspecified atom stereocenters. The van der Waals surface area contributed by atoms with Gasteiger partial charge in [-0.25, -0.2) is 0 Å². The van der Waals surface area contributed by atoms with Crippen molar-refractivity contribution in [1.29, 1.82) is 0 Å². The zero-order chi connectivity index (χ0) is 98.6. The van der Waals surface area contributed by atoms with Gasteiger partial charge in [-0.15, -0.1) is 0 Å². The van der Waals surface area contributed by atoms with Crippen LogP contribution in [-0.4, -0.2) is 72.1 Å². The van der Waals surface area contributed by atoms with Crippen LogP contribution in [0.4, 0.5) is 0 Å². The molecule has 0 spiro atoms. The first-order chi connectivity index (χ1) is 65.9. The molecule has 8 aliphatic carbocycles. The van der Waals surface area contributed by atoms with Crippen LogP contribution in [0.3, 0.4) is 0 Å². The van der Waals surface area contributed by atoms with E-state index in [2.05, 4.69) is 472 Å². The summed E-state index contributed by atoms with van der Waals surface area (Å²) in [4.78, 5) is 0. The second kappa shape index (κ2) is 46.6. The van der Waals surface area contributed by atoms with Gasteiger partial charge in [-0.3, -0.25) is 0 Å². The molecule has 0 aliphatic heterocycles. The van der Waals surface area contributed by atoms with Crippen molar-refractivity contribution >= 4 is 155 Å². The molecule has 8 bridgehead atoms. The second-order valence-electron chi connectivity index (χ2n) is 46.3. The second-order valence-corrected chi connectivity index (χ2v) is 61.8. The maximum absolute atomic E-state index is 3.83. The van der Waals surface area contributed by atoms with Crippen LogP contribution in [-0.2, 0) is 0 Å². The molecule has 0 N–H and O–H groups in total. The zero-order valence-electron chi connectivity index (χ0n) is 88.1. The summed E-state index contributed by atoms with van der Waals surface area (Å²) in [6, 6.07) is 99.4. The molecule has 0 atom stereocenters. The molecule has 12 aromatic carbocycles. The van der Waals surface area contributed by atoms with E-state index in [-0.39, 0.29) is 0 Å². The van der Waals surface area contributed by atoms with E-state index in [1.54, 1.807) is 64.4 Å². The molecule has 8 fully saturated rings. The molecule has 8 saturated carbocycles. The molecule has 0 aromatic heterocycles. The van der Waals surface area contributed by atoms with Crippen LogP contribution in [0, 0.1) is 46.3 Å². The summed E-state index contributed by atoms with van der Waals surface area (Å²) in [6.45, 7) is 57.1. The topological polar surface area (TPSA) is 0 Å². The Hall–Kier alpha value is -5.99. The summed E-state index contributed by atoms with van der Waals surface area (Å²) in [5, 5.41) is 8.83. The Kier molecular flexibility index (Phi) is 35.9. The van der Waals surface area contributed by atoms with Crippen LogP contribution < -0.4 is 49.4 Å². The van der Waals surface area contributed by atoms with Gasteiger partial charge in [0, 0.05) is 0 Å². The molecule has 8 aliphatic rings. The number of hydrogen-bond acceptors (Lipinski definition) is 0. The number of benzene rings is 12. The first kappa shape index (κ1) is 106. The molecule has 0 saturated heterocycles. The van der Waals surface area contributed by atoms with Crippen molar-refractivity contribution in [3.63, 3.8) is 0 Å². The Morgan fingerprint density at radius 3 is 0.601 bits per heavy atom. The monoisotopic (exact) mass is 2140 g/mol. The van der Waals surface area contributed by atoms with Gasteiger partial charge < -0.3 is 0 Å². The fraction of sp³-hybridized carbons (Fsp3) is 0.431. The average Bonchev–Trinajstić information content (AvgIpc) is 0.751. The summed E-state index contributed by atoms with van der Waals surface area (Å²) >= 11 is 2.88. The molecule has 0 heterocycles. The van der Waals surface area contributed by atoms with Gasteiger partial charge in [-0.2, -0.15) is 0 Å². The SMILES string of the molecule is CC(C)c1cc(C(C)C)c(-c2cccc(-c3c(C(C)C)cc(C(C)C)cc3C(C)C)[c]2[Ge][c]2ccccc2[PH+](c2ccccc2)c2ccccc2)c(C(C)C)c1.CC(C)c1cc(C(C)C)c(-c2cccc(-c3c(C(C)C)cc(C(C)C)cc3C(C)C)[c]2[Ge][c]2ccccc2[PH+](c2ccccc2)c2ccccc2)c(C(C)C)c1.P=[C]([Ge])C12CC3CC(CC(C3)C1)C2.P=[C]([Ge])C12CC3CC(CC(C3)C1)C2. The number of rotatable bonds is 28. The maximum atomic E-state index is 3.83. The summed E-state index contributed by atoms with van der Waals surface area (Å²) in [5.74, 6) is 11.6. The molecule has 0 amide bonds. The van der Waals surface area contributed by atoms with Gasteiger partial charge >= 0.3 is 882 Å². The van der Waals surface area contributed by atoms with Crippen molar-refractivity contribution < 1.29 is 0 Å². The van der Waals surface area contributed by atoms with Crippen LogP contribution >= 0.6 is 33.6 Å². The van der Waals surface area contributed by atoms with Crippen molar-refractivity contribution in [2.24, 2.45) is 46.3 Å². The van der Waals surface area contributed by atoms with Gasteiger partial charge in [0.15, 0.2) is 0 Å². The summed E-state index contributed by atoms with van der Waals surface area (Å²) in [6.07, 6.45) is 18.3. The van der Waals surface area contributed by atoms with Crippen molar-refractivity contribution in [1.82, 2.24) is 0 Å². The van der Waals surface area contributed by atoms with E-state index in [1.807, 2.05) is 0 Å². The van der Waals surface area contributed by atoms with Crippen LogP contribution in [0.1, 0.15) is 381 Å².